The Morgan fingerprint density at radius 3 is 1.50 bits per heavy atom. The molecule has 8 heteroatoms. The lowest BCUT2D eigenvalue weighted by molar-refractivity contribution is -0.239. The SMILES string of the molecule is CCOC(C)O[C@@H]1[C@H]2OC(C)(C)O[C@H]2[C@@H](O[Si](c2ccccc2)(c2ccccc2)C(C)(C)C)[C@@H]2OC(C)(C)O[C@@H]12. The number of hydrogen-bond acceptors (Lipinski definition) is 7. The van der Waals surface area contributed by atoms with Crippen LogP contribution in [0.15, 0.2) is 60.7 Å². The van der Waals surface area contributed by atoms with Crippen LogP contribution in [0.2, 0.25) is 5.04 Å². The van der Waals surface area contributed by atoms with E-state index in [0.29, 0.717) is 6.61 Å². The molecule has 1 saturated carbocycles. The van der Waals surface area contributed by atoms with Crippen LogP contribution in [0.1, 0.15) is 62.3 Å². The Bertz CT molecular complexity index is 1060. The second-order valence-electron chi connectivity index (χ2n) is 13.0. The zero-order valence-electron chi connectivity index (χ0n) is 25.4. The summed E-state index contributed by atoms with van der Waals surface area (Å²) in [6.45, 7) is 19.0. The first kappa shape index (κ1) is 29.9. The molecule has 0 bridgehead atoms. The molecule has 0 radical (unpaired) electrons. The largest absolute Gasteiger partial charge is 0.399 e. The maximum atomic E-state index is 7.67. The highest BCUT2D eigenvalue weighted by molar-refractivity contribution is 6.99. The van der Waals surface area contributed by atoms with E-state index in [-0.39, 0.29) is 5.04 Å². The van der Waals surface area contributed by atoms with Crippen LogP contribution in [0.3, 0.4) is 0 Å². The van der Waals surface area contributed by atoms with E-state index < -0.39 is 62.8 Å². The summed E-state index contributed by atoms with van der Waals surface area (Å²) in [4.78, 5) is 0. The van der Waals surface area contributed by atoms with Gasteiger partial charge in [0.05, 0.1) is 0 Å². The maximum absolute atomic E-state index is 7.67. The highest BCUT2D eigenvalue weighted by atomic mass is 28.4. The summed E-state index contributed by atoms with van der Waals surface area (Å²) in [5.74, 6) is -1.65. The van der Waals surface area contributed by atoms with Crippen LogP contribution in [0, 0.1) is 0 Å². The molecular weight excluding hydrogens is 524 g/mol. The average molecular weight is 571 g/mol. The summed E-state index contributed by atoms with van der Waals surface area (Å²) in [5, 5.41) is 2.17. The van der Waals surface area contributed by atoms with Crippen molar-refractivity contribution >= 4 is 18.7 Å². The molecule has 0 amide bonds. The van der Waals surface area contributed by atoms with Crippen molar-refractivity contribution in [2.45, 2.75) is 122 Å². The first-order valence-electron chi connectivity index (χ1n) is 14.6. The van der Waals surface area contributed by atoms with E-state index in [1.165, 1.54) is 10.4 Å². The Morgan fingerprint density at radius 2 is 1.12 bits per heavy atom. The molecule has 0 N–H and O–H groups in total. The summed E-state index contributed by atoms with van der Waals surface area (Å²) in [5.41, 5.74) is 0. The van der Waals surface area contributed by atoms with Crippen molar-refractivity contribution in [2.24, 2.45) is 0 Å². The Labute approximate surface area is 240 Å². The van der Waals surface area contributed by atoms with Gasteiger partial charge in [0.2, 0.25) is 0 Å². The molecule has 0 aromatic heterocycles. The summed E-state index contributed by atoms with van der Waals surface area (Å²) >= 11 is 0. The third kappa shape index (κ3) is 5.45. The van der Waals surface area contributed by atoms with Crippen molar-refractivity contribution in [1.82, 2.24) is 0 Å². The molecule has 7 nitrogen and oxygen atoms in total. The molecule has 7 atom stereocenters. The van der Waals surface area contributed by atoms with Crippen molar-refractivity contribution in [3.8, 4) is 0 Å². The lowest BCUT2D eigenvalue weighted by Gasteiger charge is -2.50. The topological polar surface area (TPSA) is 64.6 Å². The van der Waals surface area contributed by atoms with Crippen LogP contribution >= 0.6 is 0 Å². The van der Waals surface area contributed by atoms with Gasteiger partial charge in [-0.25, -0.2) is 0 Å². The predicted molar refractivity (Wildman–Crippen MR) is 156 cm³/mol. The van der Waals surface area contributed by atoms with E-state index in [2.05, 4.69) is 81.4 Å². The van der Waals surface area contributed by atoms with E-state index in [0.717, 1.165) is 0 Å². The van der Waals surface area contributed by atoms with Crippen molar-refractivity contribution in [3.05, 3.63) is 60.7 Å². The van der Waals surface area contributed by atoms with Crippen LogP contribution in [0.25, 0.3) is 0 Å². The maximum Gasteiger partial charge on any atom is 0.261 e. The summed E-state index contributed by atoms with van der Waals surface area (Å²) in [7, 11) is -2.95. The third-order valence-electron chi connectivity index (χ3n) is 8.10. The predicted octanol–water partition coefficient (Wildman–Crippen LogP) is 4.75. The standard InChI is InChI=1S/C32H46O7Si/c1-10-33-21(2)34-24-25-27(37-31(6,7)35-25)29(28-26(24)36-32(8,9)38-28)39-40(30(3,4)5,22-17-13-11-14-18-22)23-19-15-12-16-20-23/h11-21,24-29H,10H2,1-9H3/t21?,24-,25-,26+,27-,28-,29-/m1/s1. The number of benzene rings is 2. The molecule has 2 heterocycles. The van der Waals surface area contributed by atoms with E-state index in [9.17, 15) is 0 Å². The van der Waals surface area contributed by atoms with E-state index in [4.69, 9.17) is 32.8 Å². The molecule has 3 aliphatic rings. The van der Waals surface area contributed by atoms with Crippen LogP contribution in [0.5, 0.6) is 0 Å². The second-order valence-corrected chi connectivity index (χ2v) is 17.3. The van der Waals surface area contributed by atoms with Crippen molar-refractivity contribution in [1.29, 1.82) is 0 Å². The average Bonchev–Trinajstić information content (AvgIpc) is 3.38. The monoisotopic (exact) mass is 570 g/mol. The molecule has 220 valence electrons. The first-order chi connectivity index (χ1) is 18.8. The normalized spacial score (nSPS) is 31.9. The summed E-state index contributed by atoms with van der Waals surface area (Å²) in [6.07, 6.45) is -3.10. The molecule has 2 aromatic carbocycles. The van der Waals surface area contributed by atoms with Gasteiger partial charge in [-0.3, -0.25) is 0 Å². The van der Waals surface area contributed by atoms with E-state index in [1.54, 1.807) is 0 Å². The van der Waals surface area contributed by atoms with Gasteiger partial charge in [0.1, 0.15) is 36.6 Å². The fourth-order valence-electron chi connectivity index (χ4n) is 6.70. The van der Waals surface area contributed by atoms with E-state index >= 15 is 0 Å². The molecule has 2 aromatic rings. The van der Waals surface area contributed by atoms with Gasteiger partial charge in [0.15, 0.2) is 17.9 Å². The van der Waals surface area contributed by atoms with Gasteiger partial charge in [-0.2, -0.15) is 0 Å². The Morgan fingerprint density at radius 1 is 0.725 bits per heavy atom. The lowest BCUT2D eigenvalue weighted by atomic mass is 9.85. The van der Waals surface area contributed by atoms with Crippen molar-refractivity contribution < 1.29 is 32.8 Å². The molecule has 0 spiro atoms. The number of ether oxygens (including phenoxy) is 6. The highest BCUT2D eigenvalue weighted by Crippen LogP contribution is 2.49. The molecule has 2 saturated heterocycles. The van der Waals surface area contributed by atoms with E-state index in [1.807, 2.05) is 41.5 Å². The molecule has 40 heavy (non-hydrogen) atoms. The zero-order valence-corrected chi connectivity index (χ0v) is 26.4. The molecule has 5 rings (SSSR count). The fraction of sp³-hybridized carbons (Fsp3) is 0.625. The van der Waals surface area contributed by atoms with Crippen LogP contribution in [-0.2, 0) is 32.8 Å². The van der Waals surface area contributed by atoms with Crippen molar-refractivity contribution in [3.63, 3.8) is 0 Å². The molecular formula is C32H46O7Si. The molecule has 1 aliphatic carbocycles. The van der Waals surface area contributed by atoms with Gasteiger partial charge in [0.25, 0.3) is 8.32 Å². The molecule has 1 unspecified atom stereocenters. The minimum atomic E-state index is -2.95. The third-order valence-corrected chi connectivity index (χ3v) is 13.1. The second kappa shape index (κ2) is 10.9. The fourth-order valence-corrected chi connectivity index (χ4v) is 11.4. The smallest absolute Gasteiger partial charge is 0.261 e. The first-order valence-corrected chi connectivity index (χ1v) is 16.5. The summed E-state index contributed by atoms with van der Waals surface area (Å²) < 4.78 is 46.4. The molecule has 3 fully saturated rings. The lowest BCUT2D eigenvalue weighted by Crippen LogP contribution is -2.72. The highest BCUT2D eigenvalue weighted by Gasteiger charge is 2.66. The minimum Gasteiger partial charge on any atom is -0.399 e. The Balaban J connectivity index is 1.65. The Hall–Kier alpha value is -1.62. The van der Waals surface area contributed by atoms with Gasteiger partial charge < -0.3 is 32.8 Å². The minimum absolute atomic E-state index is 0.221. The van der Waals surface area contributed by atoms with Gasteiger partial charge in [-0.05, 0) is 57.0 Å². The number of fused-ring (bicyclic) bond motifs is 2. The Kier molecular flexibility index (Phi) is 8.13. The zero-order chi connectivity index (χ0) is 28.9. The van der Waals surface area contributed by atoms with Gasteiger partial charge in [-0.1, -0.05) is 81.4 Å². The van der Waals surface area contributed by atoms with Crippen LogP contribution < -0.4 is 10.4 Å². The van der Waals surface area contributed by atoms with Crippen molar-refractivity contribution in [2.75, 3.05) is 6.61 Å². The number of hydrogen-bond donors (Lipinski definition) is 0. The van der Waals surface area contributed by atoms with Gasteiger partial charge in [-0.15, -0.1) is 0 Å². The van der Waals surface area contributed by atoms with Gasteiger partial charge >= 0.3 is 0 Å². The van der Waals surface area contributed by atoms with Crippen LogP contribution in [0.4, 0.5) is 0 Å². The quantitative estimate of drug-likeness (QED) is 0.335. The summed E-state index contributed by atoms with van der Waals surface area (Å²) in [6, 6.07) is 21.3. The number of rotatable bonds is 8. The molecule has 2 aliphatic heterocycles. The van der Waals surface area contributed by atoms with Gasteiger partial charge in [0, 0.05) is 6.61 Å². The van der Waals surface area contributed by atoms with Crippen LogP contribution in [-0.4, -0.2) is 69.4 Å².